The van der Waals surface area contributed by atoms with Crippen molar-refractivity contribution in [2.75, 3.05) is 24.7 Å². The Morgan fingerprint density at radius 2 is 1.19 bits per heavy atom. The van der Waals surface area contributed by atoms with Gasteiger partial charge in [0, 0.05) is 0 Å². The molecule has 0 atom stereocenters. The maximum atomic E-state index is 11.1. The second-order valence-electron chi connectivity index (χ2n) is 3.10. The largest absolute Gasteiger partial charge is 0.466 e. The van der Waals surface area contributed by atoms with E-state index in [4.69, 9.17) is 9.47 Å². The Hall–Kier alpha value is -0.360. The van der Waals surface area contributed by atoms with Crippen molar-refractivity contribution in [2.24, 2.45) is 0 Å². The molecular formula is C10H18O4S2. The third-order valence-corrected chi connectivity index (χ3v) is 2.30. The number of hydrogen-bond donors (Lipinski definition) is 2. The number of rotatable bonds is 9. The molecular weight excluding hydrogens is 248 g/mol. The molecule has 0 unspecified atom stereocenters. The van der Waals surface area contributed by atoms with Gasteiger partial charge in [0.1, 0.15) is 0 Å². The molecule has 4 nitrogen and oxygen atoms in total. The zero-order chi connectivity index (χ0) is 12.2. The van der Waals surface area contributed by atoms with Crippen molar-refractivity contribution in [3.63, 3.8) is 0 Å². The van der Waals surface area contributed by atoms with E-state index in [1.807, 2.05) is 0 Å². The highest BCUT2D eigenvalue weighted by molar-refractivity contribution is 7.80. The molecule has 0 N–H and O–H groups in total. The van der Waals surface area contributed by atoms with Crippen molar-refractivity contribution in [1.29, 1.82) is 0 Å². The van der Waals surface area contributed by atoms with Crippen LogP contribution in [0.1, 0.15) is 25.7 Å². The number of thiol groups is 2. The molecule has 0 aromatic carbocycles. The molecule has 0 fully saturated rings. The SMILES string of the molecule is O=C(CCC(=O)OCCCS)OCCCS. The lowest BCUT2D eigenvalue weighted by atomic mass is 10.3. The van der Waals surface area contributed by atoms with Gasteiger partial charge in [0.05, 0.1) is 26.1 Å². The van der Waals surface area contributed by atoms with Crippen LogP contribution < -0.4 is 0 Å². The Balaban J connectivity index is 3.40. The summed E-state index contributed by atoms with van der Waals surface area (Å²) in [5, 5.41) is 0. The Labute approximate surface area is 107 Å². The van der Waals surface area contributed by atoms with Gasteiger partial charge in [-0.1, -0.05) is 0 Å². The van der Waals surface area contributed by atoms with Crippen LogP contribution >= 0.6 is 25.3 Å². The second kappa shape index (κ2) is 11.1. The zero-order valence-corrected chi connectivity index (χ0v) is 11.0. The van der Waals surface area contributed by atoms with Crippen LogP contribution in [0.25, 0.3) is 0 Å². The summed E-state index contributed by atoms with van der Waals surface area (Å²) in [6, 6.07) is 0. The number of carbonyl (C=O) groups excluding carboxylic acids is 2. The maximum absolute atomic E-state index is 11.1. The van der Waals surface area contributed by atoms with Crippen LogP contribution in [0.5, 0.6) is 0 Å². The van der Waals surface area contributed by atoms with Gasteiger partial charge in [-0.2, -0.15) is 25.3 Å². The van der Waals surface area contributed by atoms with E-state index in [2.05, 4.69) is 25.3 Å². The van der Waals surface area contributed by atoms with E-state index in [9.17, 15) is 9.59 Å². The average Bonchev–Trinajstić information content (AvgIpc) is 2.27. The molecule has 16 heavy (non-hydrogen) atoms. The van der Waals surface area contributed by atoms with Crippen molar-refractivity contribution in [3.8, 4) is 0 Å². The summed E-state index contributed by atoms with van der Waals surface area (Å²) in [5.74, 6) is 0.624. The van der Waals surface area contributed by atoms with Crippen molar-refractivity contribution in [1.82, 2.24) is 0 Å². The van der Waals surface area contributed by atoms with Gasteiger partial charge in [-0.15, -0.1) is 0 Å². The molecule has 94 valence electrons. The Morgan fingerprint density at radius 1 is 0.812 bits per heavy atom. The summed E-state index contributed by atoms with van der Waals surface area (Å²) in [6.45, 7) is 0.716. The molecule has 6 heteroatoms. The van der Waals surface area contributed by atoms with E-state index in [1.165, 1.54) is 0 Å². The van der Waals surface area contributed by atoms with Gasteiger partial charge in [-0.3, -0.25) is 9.59 Å². The predicted molar refractivity (Wildman–Crippen MR) is 68.1 cm³/mol. The molecule has 0 heterocycles. The lowest BCUT2D eigenvalue weighted by Crippen LogP contribution is -2.11. The average molecular weight is 266 g/mol. The lowest BCUT2D eigenvalue weighted by molar-refractivity contribution is -0.150. The molecule has 0 bridgehead atoms. The van der Waals surface area contributed by atoms with Gasteiger partial charge in [0.2, 0.25) is 0 Å². The highest BCUT2D eigenvalue weighted by atomic mass is 32.1. The van der Waals surface area contributed by atoms with E-state index >= 15 is 0 Å². The predicted octanol–water partition coefficient (Wildman–Crippen LogP) is 1.49. The van der Waals surface area contributed by atoms with Crippen LogP contribution in [0.15, 0.2) is 0 Å². The van der Waals surface area contributed by atoms with Crippen LogP contribution in [0.4, 0.5) is 0 Å². The van der Waals surface area contributed by atoms with E-state index in [-0.39, 0.29) is 24.8 Å². The van der Waals surface area contributed by atoms with Gasteiger partial charge >= 0.3 is 11.9 Å². The zero-order valence-electron chi connectivity index (χ0n) is 9.18. The molecule has 0 aliphatic heterocycles. The topological polar surface area (TPSA) is 52.6 Å². The first-order valence-electron chi connectivity index (χ1n) is 5.23. The van der Waals surface area contributed by atoms with Crippen LogP contribution in [0.2, 0.25) is 0 Å². The van der Waals surface area contributed by atoms with Crippen LogP contribution in [-0.2, 0) is 19.1 Å². The molecule has 0 spiro atoms. The summed E-state index contributed by atoms with van der Waals surface area (Å²) in [4.78, 5) is 22.2. The quantitative estimate of drug-likeness (QED) is 0.377. The van der Waals surface area contributed by atoms with E-state index < -0.39 is 0 Å². The molecule has 0 amide bonds. The van der Waals surface area contributed by atoms with E-state index in [1.54, 1.807) is 0 Å². The molecule has 0 saturated carbocycles. The van der Waals surface area contributed by atoms with Gasteiger partial charge < -0.3 is 9.47 Å². The molecule has 0 aromatic heterocycles. The number of hydrogen-bond acceptors (Lipinski definition) is 6. The fraction of sp³-hybridized carbons (Fsp3) is 0.800. The highest BCUT2D eigenvalue weighted by Crippen LogP contribution is 1.98. The minimum Gasteiger partial charge on any atom is -0.466 e. The van der Waals surface area contributed by atoms with Crippen LogP contribution in [-0.4, -0.2) is 36.7 Å². The van der Waals surface area contributed by atoms with Gasteiger partial charge in [-0.05, 0) is 24.3 Å². The van der Waals surface area contributed by atoms with Gasteiger partial charge in [0.25, 0.3) is 0 Å². The summed E-state index contributed by atoms with van der Waals surface area (Å²) in [7, 11) is 0. The molecule has 0 aromatic rings. The molecule has 0 rings (SSSR count). The number of carbonyl (C=O) groups is 2. The maximum Gasteiger partial charge on any atom is 0.306 e. The minimum atomic E-state index is -0.368. The van der Waals surface area contributed by atoms with Crippen molar-refractivity contribution < 1.29 is 19.1 Å². The smallest absolute Gasteiger partial charge is 0.306 e. The first kappa shape index (κ1) is 15.6. The monoisotopic (exact) mass is 266 g/mol. The third kappa shape index (κ3) is 10.2. The lowest BCUT2D eigenvalue weighted by Gasteiger charge is -2.04. The summed E-state index contributed by atoms with van der Waals surface area (Å²) in [5.41, 5.74) is 0. The van der Waals surface area contributed by atoms with Crippen LogP contribution in [0.3, 0.4) is 0 Å². The number of esters is 2. The Bertz CT molecular complexity index is 187. The van der Waals surface area contributed by atoms with Crippen molar-refractivity contribution in [2.45, 2.75) is 25.7 Å². The normalized spacial score (nSPS) is 9.88. The first-order chi connectivity index (χ1) is 7.70. The van der Waals surface area contributed by atoms with Gasteiger partial charge in [-0.25, -0.2) is 0 Å². The van der Waals surface area contributed by atoms with Crippen molar-refractivity contribution in [3.05, 3.63) is 0 Å². The van der Waals surface area contributed by atoms with Crippen LogP contribution in [0, 0.1) is 0 Å². The third-order valence-electron chi connectivity index (χ3n) is 1.66. The summed E-state index contributed by atoms with van der Waals surface area (Å²) >= 11 is 7.97. The van der Waals surface area contributed by atoms with Crippen molar-refractivity contribution >= 4 is 37.2 Å². The molecule has 0 saturated heterocycles. The Kier molecular flexibility index (Phi) is 10.9. The van der Waals surface area contributed by atoms with Gasteiger partial charge in [0.15, 0.2) is 0 Å². The standard InChI is InChI=1S/C10H18O4S2/c11-9(13-5-1-7-15)3-4-10(12)14-6-2-8-16/h15-16H,1-8H2. The number of ether oxygens (including phenoxy) is 2. The van der Waals surface area contributed by atoms with E-state index in [0.29, 0.717) is 24.7 Å². The first-order valence-corrected chi connectivity index (χ1v) is 6.50. The molecule has 0 aliphatic carbocycles. The summed E-state index contributed by atoms with van der Waals surface area (Å²) in [6.07, 6.45) is 1.60. The second-order valence-corrected chi connectivity index (χ2v) is 3.99. The highest BCUT2D eigenvalue weighted by Gasteiger charge is 2.08. The van der Waals surface area contributed by atoms with E-state index in [0.717, 1.165) is 12.8 Å². The molecule has 0 radical (unpaired) electrons. The Morgan fingerprint density at radius 3 is 1.50 bits per heavy atom. The fourth-order valence-electron chi connectivity index (χ4n) is 0.850. The fourth-order valence-corrected chi connectivity index (χ4v) is 1.11. The summed E-state index contributed by atoms with van der Waals surface area (Å²) < 4.78 is 9.70. The molecule has 0 aliphatic rings. The minimum absolute atomic E-state index is 0.0757.